The van der Waals surface area contributed by atoms with E-state index in [-0.39, 0.29) is 36.0 Å². The molecule has 3 aliphatic rings. The summed E-state index contributed by atoms with van der Waals surface area (Å²) in [5.41, 5.74) is 14.5. The molecule has 0 amide bonds. The van der Waals surface area contributed by atoms with Crippen molar-refractivity contribution in [3.05, 3.63) is 168 Å². The van der Waals surface area contributed by atoms with Crippen LogP contribution in [0.25, 0.3) is 0 Å². The summed E-state index contributed by atoms with van der Waals surface area (Å²) in [6.07, 6.45) is 23.6. The number of carbonyl (C=O) groups is 2. The van der Waals surface area contributed by atoms with E-state index in [1.54, 1.807) is 24.3 Å². The van der Waals surface area contributed by atoms with E-state index < -0.39 is 45.1 Å². The van der Waals surface area contributed by atoms with E-state index in [4.69, 9.17) is 0 Å². The van der Waals surface area contributed by atoms with E-state index in [0.29, 0.717) is 0 Å². The summed E-state index contributed by atoms with van der Waals surface area (Å²) >= 11 is 0. The number of allylic oxidation sites excluding steroid dienone is 9. The summed E-state index contributed by atoms with van der Waals surface area (Å²) in [5, 5.41) is 20.2. The van der Waals surface area contributed by atoms with Crippen LogP contribution < -0.4 is 19.7 Å². The molecule has 0 spiro atoms. The van der Waals surface area contributed by atoms with E-state index in [9.17, 15) is 36.6 Å². The number of carboxylic acids is 2. The van der Waals surface area contributed by atoms with Crippen LogP contribution in [-0.2, 0) is 29.6 Å². The fourth-order valence-electron chi connectivity index (χ4n) is 3.32. The summed E-state index contributed by atoms with van der Waals surface area (Å²) in [6, 6.07) is 12.2. The van der Waals surface area contributed by atoms with Gasteiger partial charge in [-0.2, -0.15) is 0 Å². The Hall–Kier alpha value is -4.14. The van der Waals surface area contributed by atoms with Crippen molar-refractivity contribution in [1.82, 2.24) is 9.44 Å². The largest absolute Gasteiger partial charge is 2.00 e. The number of hydrogen-bond donors (Lipinski definition) is 2. The summed E-state index contributed by atoms with van der Waals surface area (Å²) < 4.78 is 49.6. The average Bonchev–Trinajstić information content (AvgIpc) is 3.09. The number of nitrogens with one attached hydrogen (secondary N) is 2. The van der Waals surface area contributed by atoms with Crippen LogP contribution in [0.3, 0.4) is 0 Å². The van der Waals surface area contributed by atoms with Crippen molar-refractivity contribution in [2.45, 2.75) is 44.4 Å². The van der Waals surface area contributed by atoms with Gasteiger partial charge in [-0.3, -0.25) is 0 Å². The molecule has 2 N–H and O–H groups in total. The number of carboxylic acid groups (broad SMARTS) is 2. The van der Waals surface area contributed by atoms with Gasteiger partial charge in [0.15, 0.2) is 0 Å². The molecule has 10 nitrogen and oxygen atoms in total. The standard InChI is InChI=1S/2C9H11NO4S.3C7H7.Bi/c2*1-7-2-4-8(5-3-7)15(13,14)10-6-9(11)12;3*1-7-5-3-2-4-6-7;/h2*2-5,10H,6H2,1H3,(H,11,12);3*3-6H,1H3;/q;;;;;+2/p-2. The molecule has 5 rings (SSSR count). The van der Waals surface area contributed by atoms with Gasteiger partial charge < -0.3 is 19.8 Å². The molecule has 0 atom stereocenters. The van der Waals surface area contributed by atoms with E-state index in [1.807, 2.05) is 97.2 Å². The second-order valence-electron chi connectivity index (χ2n) is 10.8. The maximum absolute atomic E-state index is 11.4. The third-order valence-electron chi connectivity index (χ3n) is 6.13. The maximum atomic E-state index is 11.4. The van der Waals surface area contributed by atoms with Crippen molar-refractivity contribution in [2.75, 3.05) is 13.1 Å². The first-order valence-corrected chi connectivity index (χ1v) is 18.3. The molecule has 0 heterocycles. The van der Waals surface area contributed by atoms with Gasteiger partial charge in [-0.05, 0) is 95.3 Å². The molecular formula is C39H41BiN2O8S2. The molecule has 52 heavy (non-hydrogen) atoms. The molecule has 2 aromatic rings. The summed E-state index contributed by atoms with van der Waals surface area (Å²) in [4.78, 5) is 20.3. The first-order valence-electron chi connectivity index (χ1n) is 15.3. The molecule has 0 unspecified atom stereocenters. The molecule has 3 aliphatic carbocycles. The second-order valence-corrected chi connectivity index (χ2v) is 14.3. The predicted octanol–water partition coefficient (Wildman–Crippen LogP) is 3.25. The number of hydrogen-bond acceptors (Lipinski definition) is 8. The molecule has 0 saturated carbocycles. The van der Waals surface area contributed by atoms with Gasteiger partial charge in [0.25, 0.3) is 0 Å². The summed E-state index contributed by atoms with van der Waals surface area (Å²) in [6.45, 7) is 8.39. The Morgan fingerprint density at radius 1 is 0.519 bits per heavy atom. The fourth-order valence-corrected chi connectivity index (χ4v) is 5.26. The van der Waals surface area contributed by atoms with E-state index >= 15 is 0 Å². The SMILES string of the molecule is CC1=CC=C=C[CH]1.CC1=CC=C=C[CH]1.CC1=CC=C=C[CH]1.Cc1ccc(S(=O)(=O)NCC(=O)[O-])cc1.Cc1ccc(S(=O)(=O)NCC(=O)[O-])cc1.[Bi+2]. The third kappa shape index (κ3) is 22.6. The van der Waals surface area contributed by atoms with Crippen molar-refractivity contribution in [3.8, 4) is 0 Å². The monoisotopic (exact) mass is 938 g/mol. The number of aliphatic carboxylic acids is 2. The van der Waals surface area contributed by atoms with Crippen LogP contribution in [0.5, 0.6) is 0 Å². The van der Waals surface area contributed by atoms with Crippen molar-refractivity contribution in [3.63, 3.8) is 0 Å². The minimum atomic E-state index is -3.74. The van der Waals surface area contributed by atoms with Gasteiger partial charge in [0.2, 0.25) is 20.0 Å². The first kappa shape index (κ1) is 47.9. The quantitative estimate of drug-likeness (QED) is 0.300. The van der Waals surface area contributed by atoms with Crippen LogP contribution >= 0.6 is 0 Å². The third-order valence-corrected chi connectivity index (χ3v) is 8.96. The minimum Gasteiger partial charge on any atom is -0.549 e. The molecule has 2 aromatic carbocycles. The van der Waals surface area contributed by atoms with Crippen molar-refractivity contribution in [1.29, 1.82) is 0 Å². The van der Waals surface area contributed by atoms with Gasteiger partial charge in [-0.1, -0.05) is 70.3 Å². The minimum absolute atomic E-state index is 0. The zero-order valence-corrected chi connectivity index (χ0v) is 34.6. The van der Waals surface area contributed by atoms with Crippen LogP contribution in [0, 0.1) is 33.1 Å². The van der Waals surface area contributed by atoms with Gasteiger partial charge in [0.1, 0.15) is 0 Å². The molecule has 0 bridgehead atoms. The normalized spacial score (nSPS) is 13.4. The van der Waals surface area contributed by atoms with Crippen molar-refractivity contribution in [2.24, 2.45) is 0 Å². The Labute approximate surface area is 327 Å². The summed E-state index contributed by atoms with van der Waals surface area (Å²) in [5.74, 6) is -2.93. The molecule has 13 heteroatoms. The van der Waals surface area contributed by atoms with Gasteiger partial charge >= 0.3 is 26.2 Å². The number of aryl methyl sites for hydroxylation is 2. The summed E-state index contributed by atoms with van der Waals surface area (Å²) in [7, 11) is -7.49. The first-order chi connectivity index (χ1) is 24.0. The van der Waals surface area contributed by atoms with Crippen molar-refractivity contribution < 1.29 is 36.6 Å². The molecule has 6 radical (unpaired) electrons. The second kappa shape index (κ2) is 25.8. The zero-order chi connectivity index (χ0) is 38.3. The van der Waals surface area contributed by atoms with Crippen LogP contribution in [0.1, 0.15) is 31.9 Å². The van der Waals surface area contributed by atoms with Crippen LogP contribution in [0.15, 0.2) is 147 Å². The number of benzene rings is 2. The van der Waals surface area contributed by atoms with E-state index in [0.717, 1.165) is 11.1 Å². The predicted molar refractivity (Wildman–Crippen MR) is 201 cm³/mol. The average molecular weight is 939 g/mol. The maximum Gasteiger partial charge on any atom is 2.00 e. The van der Waals surface area contributed by atoms with Crippen LogP contribution in [-0.4, -0.2) is 68.1 Å². The fraction of sp³-hybridized carbons (Fsp3) is 0.179. The Morgan fingerprint density at radius 3 is 0.962 bits per heavy atom. The Kier molecular flexibility index (Phi) is 23.7. The smallest absolute Gasteiger partial charge is 0.549 e. The van der Waals surface area contributed by atoms with Gasteiger partial charge in [0, 0.05) is 19.3 Å². The molecule has 0 aromatic heterocycles. The topological polar surface area (TPSA) is 173 Å². The zero-order valence-electron chi connectivity index (χ0n) is 29.5. The molecule has 272 valence electrons. The van der Waals surface area contributed by atoms with E-state index in [1.165, 1.54) is 41.0 Å². The molecule has 0 saturated heterocycles. The number of rotatable bonds is 8. The van der Waals surface area contributed by atoms with Crippen molar-refractivity contribution >= 4 is 58.2 Å². The van der Waals surface area contributed by atoms with Crippen LogP contribution in [0.4, 0.5) is 0 Å². The molecule has 0 aliphatic heterocycles. The van der Waals surface area contributed by atoms with Crippen LogP contribution in [0.2, 0.25) is 0 Å². The Morgan fingerprint density at radius 2 is 0.788 bits per heavy atom. The Bertz CT molecular complexity index is 1810. The van der Waals surface area contributed by atoms with E-state index in [2.05, 4.69) is 38.0 Å². The van der Waals surface area contributed by atoms with Gasteiger partial charge in [0.05, 0.1) is 34.8 Å². The number of sulfonamides is 2. The van der Waals surface area contributed by atoms with Gasteiger partial charge in [-0.25, -0.2) is 26.3 Å². The Balaban J connectivity index is 0.000000652. The molecular weight excluding hydrogens is 898 g/mol. The van der Waals surface area contributed by atoms with Gasteiger partial charge in [-0.15, -0.1) is 17.2 Å². The number of carbonyl (C=O) groups excluding carboxylic acids is 2. The molecule has 0 fully saturated rings.